The van der Waals surface area contributed by atoms with Crippen LogP contribution in [-0.4, -0.2) is 24.0 Å². The normalized spacial score (nSPS) is 10.2. The summed E-state index contributed by atoms with van der Waals surface area (Å²) in [6, 6.07) is 6.61. The molecule has 0 radical (unpaired) electrons. The monoisotopic (exact) mass is 319 g/mol. The lowest BCUT2D eigenvalue weighted by Gasteiger charge is -2.02. The van der Waals surface area contributed by atoms with E-state index in [0.29, 0.717) is 5.76 Å². The van der Waals surface area contributed by atoms with Crippen LogP contribution in [0.15, 0.2) is 34.7 Å². The molecule has 0 spiro atoms. The van der Waals surface area contributed by atoms with Crippen molar-refractivity contribution in [3.8, 4) is 0 Å². The Morgan fingerprint density at radius 1 is 1.26 bits per heavy atom. The van der Waals surface area contributed by atoms with Crippen molar-refractivity contribution in [3.63, 3.8) is 0 Å². The SMILES string of the molecule is COC(=O)c1cc(COC(=O)c2cccc([N+](=O)[O-])c2)oc1C. The standard InChI is InChI=1S/C15H13NO7/c1-9-13(15(18)21-2)7-12(23-9)8-22-14(17)10-4-3-5-11(6-10)16(19)20/h3-7H,8H2,1-2H3. The van der Waals surface area contributed by atoms with E-state index in [0.717, 1.165) is 6.07 Å². The zero-order valence-electron chi connectivity index (χ0n) is 12.4. The molecule has 23 heavy (non-hydrogen) atoms. The summed E-state index contributed by atoms with van der Waals surface area (Å²) >= 11 is 0. The first-order valence-electron chi connectivity index (χ1n) is 6.51. The first kappa shape index (κ1) is 16.2. The molecule has 0 bridgehead atoms. The molecule has 0 unspecified atom stereocenters. The van der Waals surface area contributed by atoms with Gasteiger partial charge in [0.25, 0.3) is 5.69 Å². The number of carbonyl (C=O) groups is 2. The minimum absolute atomic E-state index is 0.0515. The topological polar surface area (TPSA) is 109 Å². The van der Waals surface area contributed by atoms with Crippen molar-refractivity contribution in [2.24, 2.45) is 0 Å². The van der Waals surface area contributed by atoms with Crippen molar-refractivity contribution in [2.75, 3.05) is 7.11 Å². The zero-order chi connectivity index (χ0) is 17.0. The van der Waals surface area contributed by atoms with Crippen LogP contribution in [0, 0.1) is 17.0 Å². The van der Waals surface area contributed by atoms with E-state index in [2.05, 4.69) is 4.74 Å². The van der Waals surface area contributed by atoms with Crippen LogP contribution in [0.25, 0.3) is 0 Å². The van der Waals surface area contributed by atoms with E-state index in [9.17, 15) is 19.7 Å². The van der Waals surface area contributed by atoms with Crippen LogP contribution in [0.3, 0.4) is 0 Å². The Hall–Kier alpha value is -3.16. The predicted octanol–water partition coefficient (Wildman–Crippen LogP) is 2.64. The van der Waals surface area contributed by atoms with Gasteiger partial charge < -0.3 is 13.9 Å². The number of non-ortho nitro benzene ring substituents is 1. The lowest BCUT2D eigenvalue weighted by atomic mass is 10.2. The van der Waals surface area contributed by atoms with Crippen LogP contribution in [0.5, 0.6) is 0 Å². The molecule has 2 aromatic rings. The molecule has 1 aromatic carbocycles. The number of furan rings is 1. The number of carbonyl (C=O) groups excluding carboxylic acids is 2. The maximum absolute atomic E-state index is 11.9. The van der Waals surface area contributed by atoms with Crippen molar-refractivity contribution in [2.45, 2.75) is 13.5 Å². The summed E-state index contributed by atoms with van der Waals surface area (Å²) in [6.45, 7) is 1.37. The number of benzene rings is 1. The van der Waals surface area contributed by atoms with Gasteiger partial charge >= 0.3 is 11.9 Å². The smallest absolute Gasteiger partial charge is 0.341 e. The van der Waals surface area contributed by atoms with Gasteiger partial charge in [0.1, 0.15) is 23.7 Å². The Morgan fingerprint density at radius 3 is 2.65 bits per heavy atom. The average molecular weight is 319 g/mol. The molecule has 0 aliphatic carbocycles. The molecule has 0 saturated heterocycles. The van der Waals surface area contributed by atoms with Crippen LogP contribution in [0.4, 0.5) is 5.69 Å². The van der Waals surface area contributed by atoms with E-state index < -0.39 is 16.9 Å². The summed E-state index contributed by atoms with van der Waals surface area (Å²) < 4.78 is 14.9. The van der Waals surface area contributed by atoms with Gasteiger partial charge in [-0.1, -0.05) is 6.07 Å². The highest BCUT2D eigenvalue weighted by Gasteiger charge is 2.17. The van der Waals surface area contributed by atoms with Gasteiger partial charge in [0.15, 0.2) is 0 Å². The second-order valence-electron chi connectivity index (χ2n) is 4.56. The van der Waals surface area contributed by atoms with Gasteiger partial charge in [-0.15, -0.1) is 0 Å². The third kappa shape index (κ3) is 3.73. The van der Waals surface area contributed by atoms with E-state index in [1.165, 1.54) is 31.4 Å². The minimum Gasteiger partial charge on any atom is -0.465 e. The number of aryl methyl sites for hydroxylation is 1. The molecule has 0 aliphatic rings. The number of nitrogens with zero attached hydrogens (tertiary/aromatic N) is 1. The van der Waals surface area contributed by atoms with Gasteiger partial charge in [-0.3, -0.25) is 10.1 Å². The minimum atomic E-state index is -0.734. The Balaban J connectivity index is 2.06. The fourth-order valence-corrected chi connectivity index (χ4v) is 1.89. The summed E-state index contributed by atoms with van der Waals surface area (Å²) in [5.74, 6) is -0.676. The van der Waals surface area contributed by atoms with Gasteiger partial charge in [-0.2, -0.15) is 0 Å². The molecule has 0 fully saturated rings. The zero-order valence-corrected chi connectivity index (χ0v) is 12.4. The number of ether oxygens (including phenoxy) is 2. The van der Waals surface area contributed by atoms with E-state index in [-0.39, 0.29) is 29.2 Å². The Bertz CT molecular complexity index is 763. The molecular formula is C15H13NO7. The van der Waals surface area contributed by atoms with Gasteiger partial charge in [0.2, 0.25) is 0 Å². The lowest BCUT2D eigenvalue weighted by Crippen LogP contribution is -2.05. The fraction of sp³-hybridized carbons (Fsp3) is 0.200. The van der Waals surface area contributed by atoms with E-state index in [1.807, 2.05) is 0 Å². The predicted molar refractivity (Wildman–Crippen MR) is 77.0 cm³/mol. The van der Waals surface area contributed by atoms with Crippen molar-refractivity contribution >= 4 is 17.6 Å². The van der Waals surface area contributed by atoms with Gasteiger partial charge in [-0.05, 0) is 19.1 Å². The molecule has 120 valence electrons. The van der Waals surface area contributed by atoms with Gasteiger partial charge in [-0.25, -0.2) is 9.59 Å². The molecule has 0 atom stereocenters. The molecule has 8 nitrogen and oxygen atoms in total. The molecule has 0 saturated carbocycles. The van der Waals surface area contributed by atoms with Gasteiger partial charge in [0.05, 0.1) is 17.6 Å². The Morgan fingerprint density at radius 2 is 2.00 bits per heavy atom. The highest BCUT2D eigenvalue weighted by molar-refractivity contribution is 5.91. The van der Waals surface area contributed by atoms with Gasteiger partial charge in [0, 0.05) is 12.1 Å². The Labute approximate surface area is 130 Å². The second kappa shape index (κ2) is 6.73. The highest BCUT2D eigenvalue weighted by Crippen LogP contribution is 2.18. The van der Waals surface area contributed by atoms with Crippen LogP contribution in [-0.2, 0) is 16.1 Å². The molecule has 1 heterocycles. The van der Waals surface area contributed by atoms with Crippen LogP contribution in [0.1, 0.15) is 32.2 Å². The number of nitro benzene ring substituents is 1. The first-order valence-corrected chi connectivity index (χ1v) is 6.51. The number of methoxy groups -OCH3 is 1. The van der Waals surface area contributed by atoms with Crippen molar-refractivity contribution in [1.82, 2.24) is 0 Å². The fourth-order valence-electron chi connectivity index (χ4n) is 1.89. The largest absolute Gasteiger partial charge is 0.465 e. The van der Waals surface area contributed by atoms with Crippen molar-refractivity contribution < 1.29 is 28.4 Å². The van der Waals surface area contributed by atoms with Crippen molar-refractivity contribution in [1.29, 1.82) is 0 Å². The van der Waals surface area contributed by atoms with Crippen LogP contribution >= 0.6 is 0 Å². The third-order valence-electron chi connectivity index (χ3n) is 3.01. The molecule has 8 heteroatoms. The molecule has 1 aromatic heterocycles. The second-order valence-corrected chi connectivity index (χ2v) is 4.56. The lowest BCUT2D eigenvalue weighted by molar-refractivity contribution is -0.384. The third-order valence-corrected chi connectivity index (χ3v) is 3.01. The molecule has 2 rings (SSSR count). The number of rotatable bonds is 5. The summed E-state index contributed by atoms with van der Waals surface area (Å²) in [6.07, 6.45) is 0. The number of esters is 2. The molecule has 0 amide bonds. The van der Waals surface area contributed by atoms with Crippen LogP contribution in [0.2, 0.25) is 0 Å². The molecule has 0 aliphatic heterocycles. The van der Waals surface area contributed by atoms with E-state index in [1.54, 1.807) is 6.92 Å². The number of hydrogen-bond acceptors (Lipinski definition) is 7. The van der Waals surface area contributed by atoms with Crippen molar-refractivity contribution in [3.05, 3.63) is 63.1 Å². The summed E-state index contributed by atoms with van der Waals surface area (Å²) in [5.41, 5.74) is 0.0887. The summed E-state index contributed by atoms with van der Waals surface area (Å²) in [5, 5.41) is 10.7. The average Bonchev–Trinajstić information content (AvgIpc) is 2.92. The quantitative estimate of drug-likeness (QED) is 0.473. The maximum atomic E-state index is 11.9. The molecule has 0 N–H and O–H groups in total. The van der Waals surface area contributed by atoms with E-state index in [4.69, 9.17) is 9.15 Å². The first-order chi connectivity index (χ1) is 10.9. The summed E-state index contributed by atoms with van der Waals surface area (Å²) in [4.78, 5) is 33.4. The highest BCUT2D eigenvalue weighted by atomic mass is 16.6. The maximum Gasteiger partial charge on any atom is 0.341 e. The van der Waals surface area contributed by atoms with E-state index >= 15 is 0 Å². The summed E-state index contributed by atoms with van der Waals surface area (Å²) in [7, 11) is 1.25. The number of hydrogen-bond donors (Lipinski definition) is 0. The Kier molecular flexibility index (Phi) is 4.75. The number of nitro groups is 1. The van der Waals surface area contributed by atoms with Crippen LogP contribution < -0.4 is 0 Å². The molecular weight excluding hydrogens is 306 g/mol.